The molecule has 2 aromatic rings. The summed E-state index contributed by atoms with van der Waals surface area (Å²) in [6, 6.07) is 11.6. The van der Waals surface area contributed by atoms with Gasteiger partial charge in [-0.25, -0.2) is 0 Å². The number of amides is 1. The fourth-order valence-electron chi connectivity index (χ4n) is 2.24. The minimum absolute atomic E-state index is 0.0217. The lowest BCUT2D eigenvalue weighted by molar-refractivity contribution is -0.121. The van der Waals surface area contributed by atoms with Crippen LogP contribution in [0.4, 0.5) is 0 Å². The number of hydrogen-bond acceptors (Lipinski definition) is 2. The van der Waals surface area contributed by atoms with Crippen LogP contribution in [0.1, 0.15) is 30.0 Å². The SMILES string of the molecule is CCc1ccc(CCC(=O)NCc2ccc(=O)n(C)c2)cc1. The molecule has 0 saturated carbocycles. The van der Waals surface area contributed by atoms with Gasteiger partial charge in [0.15, 0.2) is 0 Å². The van der Waals surface area contributed by atoms with Gasteiger partial charge in [0.05, 0.1) is 0 Å². The molecule has 0 aliphatic heterocycles. The van der Waals surface area contributed by atoms with Crippen molar-refractivity contribution < 1.29 is 4.79 Å². The van der Waals surface area contributed by atoms with Crippen molar-refractivity contribution in [3.05, 3.63) is 69.6 Å². The van der Waals surface area contributed by atoms with Gasteiger partial charge in [-0.3, -0.25) is 9.59 Å². The Balaban J connectivity index is 1.79. The van der Waals surface area contributed by atoms with Crippen LogP contribution in [0.3, 0.4) is 0 Å². The lowest BCUT2D eigenvalue weighted by Crippen LogP contribution is -2.24. The van der Waals surface area contributed by atoms with Crippen LogP contribution in [0, 0.1) is 0 Å². The lowest BCUT2D eigenvalue weighted by Gasteiger charge is -2.07. The highest BCUT2D eigenvalue weighted by Crippen LogP contribution is 2.07. The molecule has 116 valence electrons. The molecule has 0 aliphatic rings. The molecule has 2 rings (SSSR count). The van der Waals surface area contributed by atoms with Crippen LogP contribution in [0.25, 0.3) is 0 Å². The van der Waals surface area contributed by atoms with Crippen molar-refractivity contribution in [1.29, 1.82) is 0 Å². The predicted molar refractivity (Wildman–Crippen MR) is 87.7 cm³/mol. The van der Waals surface area contributed by atoms with Gasteiger partial charge in [0.2, 0.25) is 11.5 Å². The van der Waals surface area contributed by atoms with Crippen molar-refractivity contribution in [3.63, 3.8) is 0 Å². The number of carbonyl (C=O) groups excluding carboxylic acids is 1. The number of carbonyl (C=O) groups is 1. The maximum absolute atomic E-state index is 11.9. The first-order valence-corrected chi connectivity index (χ1v) is 7.58. The molecule has 1 heterocycles. The van der Waals surface area contributed by atoms with E-state index >= 15 is 0 Å². The van der Waals surface area contributed by atoms with Crippen molar-refractivity contribution in [2.75, 3.05) is 0 Å². The fourth-order valence-corrected chi connectivity index (χ4v) is 2.24. The van der Waals surface area contributed by atoms with E-state index in [9.17, 15) is 9.59 Å². The first-order chi connectivity index (χ1) is 10.6. The Morgan fingerprint density at radius 2 is 1.68 bits per heavy atom. The van der Waals surface area contributed by atoms with Gasteiger partial charge in [0, 0.05) is 32.3 Å². The molecule has 4 heteroatoms. The molecule has 0 atom stereocenters. The summed E-state index contributed by atoms with van der Waals surface area (Å²) >= 11 is 0. The van der Waals surface area contributed by atoms with E-state index in [0.29, 0.717) is 13.0 Å². The number of hydrogen-bond donors (Lipinski definition) is 1. The van der Waals surface area contributed by atoms with Gasteiger partial charge in [-0.05, 0) is 29.5 Å². The zero-order chi connectivity index (χ0) is 15.9. The second-order valence-corrected chi connectivity index (χ2v) is 5.43. The van der Waals surface area contributed by atoms with Crippen LogP contribution in [0.15, 0.2) is 47.4 Å². The smallest absolute Gasteiger partial charge is 0.250 e. The van der Waals surface area contributed by atoms with Gasteiger partial charge in [0.25, 0.3) is 0 Å². The summed E-state index contributed by atoms with van der Waals surface area (Å²) < 4.78 is 1.51. The predicted octanol–water partition coefficient (Wildman–Crippen LogP) is 2.20. The summed E-state index contributed by atoms with van der Waals surface area (Å²) in [5, 5.41) is 2.88. The van der Waals surface area contributed by atoms with Gasteiger partial charge >= 0.3 is 0 Å². The van der Waals surface area contributed by atoms with Crippen LogP contribution in [0.2, 0.25) is 0 Å². The monoisotopic (exact) mass is 298 g/mol. The number of pyridine rings is 1. The molecular formula is C18H22N2O2. The molecule has 1 aromatic carbocycles. The summed E-state index contributed by atoms with van der Waals surface area (Å²) in [5.74, 6) is 0.0217. The zero-order valence-electron chi connectivity index (χ0n) is 13.1. The zero-order valence-corrected chi connectivity index (χ0v) is 13.1. The van der Waals surface area contributed by atoms with Crippen molar-refractivity contribution in [3.8, 4) is 0 Å². The minimum Gasteiger partial charge on any atom is -0.352 e. The molecule has 1 amide bonds. The Kier molecular flexibility index (Phi) is 5.53. The summed E-state index contributed by atoms with van der Waals surface area (Å²) in [6.45, 7) is 2.57. The Hall–Kier alpha value is -2.36. The number of nitrogens with one attached hydrogen (secondary N) is 1. The first kappa shape index (κ1) is 16.0. The molecular weight excluding hydrogens is 276 g/mol. The van der Waals surface area contributed by atoms with Gasteiger partial charge < -0.3 is 9.88 Å². The standard InChI is InChI=1S/C18H22N2O2/c1-3-14-4-6-15(7-5-14)8-10-17(21)19-12-16-9-11-18(22)20(2)13-16/h4-7,9,11,13H,3,8,10,12H2,1-2H3,(H,19,21). The van der Waals surface area contributed by atoms with E-state index in [-0.39, 0.29) is 11.5 Å². The molecule has 4 nitrogen and oxygen atoms in total. The van der Waals surface area contributed by atoms with Gasteiger partial charge in [0.1, 0.15) is 0 Å². The normalized spacial score (nSPS) is 10.5. The first-order valence-electron chi connectivity index (χ1n) is 7.58. The average Bonchev–Trinajstić information content (AvgIpc) is 2.54. The molecule has 1 aromatic heterocycles. The van der Waals surface area contributed by atoms with Crippen LogP contribution < -0.4 is 10.9 Å². The van der Waals surface area contributed by atoms with E-state index in [1.807, 2.05) is 0 Å². The van der Waals surface area contributed by atoms with Gasteiger partial charge in [-0.2, -0.15) is 0 Å². The van der Waals surface area contributed by atoms with E-state index in [1.165, 1.54) is 21.8 Å². The third-order valence-corrected chi connectivity index (χ3v) is 3.71. The lowest BCUT2D eigenvalue weighted by atomic mass is 10.1. The third kappa shape index (κ3) is 4.58. The second kappa shape index (κ2) is 7.59. The highest BCUT2D eigenvalue weighted by molar-refractivity contribution is 5.76. The minimum atomic E-state index is -0.0504. The molecule has 0 bridgehead atoms. The second-order valence-electron chi connectivity index (χ2n) is 5.43. The molecule has 0 radical (unpaired) electrons. The highest BCUT2D eigenvalue weighted by Gasteiger charge is 2.03. The summed E-state index contributed by atoms with van der Waals surface area (Å²) in [6.07, 6.45) is 3.98. The summed E-state index contributed by atoms with van der Waals surface area (Å²) in [4.78, 5) is 23.2. The fraction of sp³-hybridized carbons (Fsp3) is 0.333. The third-order valence-electron chi connectivity index (χ3n) is 3.71. The van der Waals surface area contributed by atoms with E-state index < -0.39 is 0 Å². The molecule has 0 unspecified atom stereocenters. The average molecular weight is 298 g/mol. The van der Waals surface area contributed by atoms with E-state index in [1.54, 1.807) is 19.3 Å². The molecule has 1 N–H and O–H groups in total. The van der Waals surface area contributed by atoms with Crippen LogP contribution in [0.5, 0.6) is 0 Å². The van der Waals surface area contributed by atoms with Gasteiger partial charge in [-0.1, -0.05) is 37.3 Å². The maximum atomic E-state index is 11.9. The van der Waals surface area contributed by atoms with Crippen molar-refractivity contribution in [2.45, 2.75) is 32.7 Å². The van der Waals surface area contributed by atoms with Crippen molar-refractivity contribution in [1.82, 2.24) is 9.88 Å². The highest BCUT2D eigenvalue weighted by atomic mass is 16.1. The number of aromatic nitrogens is 1. The number of rotatable bonds is 6. The van der Waals surface area contributed by atoms with Crippen LogP contribution in [-0.2, 0) is 31.2 Å². The quantitative estimate of drug-likeness (QED) is 0.889. The molecule has 0 fully saturated rings. The molecule has 0 saturated heterocycles. The molecule has 0 spiro atoms. The van der Waals surface area contributed by atoms with Crippen molar-refractivity contribution >= 4 is 5.91 Å². The van der Waals surface area contributed by atoms with Gasteiger partial charge in [-0.15, -0.1) is 0 Å². The van der Waals surface area contributed by atoms with Crippen LogP contribution in [-0.4, -0.2) is 10.5 Å². The van der Waals surface area contributed by atoms with E-state index in [2.05, 4.69) is 36.5 Å². The Morgan fingerprint density at radius 3 is 2.32 bits per heavy atom. The van der Waals surface area contributed by atoms with Crippen LogP contribution >= 0.6 is 0 Å². The van der Waals surface area contributed by atoms with E-state index in [4.69, 9.17) is 0 Å². The number of aryl methyl sites for hydroxylation is 3. The largest absolute Gasteiger partial charge is 0.352 e. The molecule has 22 heavy (non-hydrogen) atoms. The summed E-state index contributed by atoms with van der Waals surface area (Å²) in [5.41, 5.74) is 3.35. The number of benzene rings is 1. The maximum Gasteiger partial charge on any atom is 0.250 e. The summed E-state index contributed by atoms with van der Waals surface area (Å²) in [7, 11) is 1.70. The van der Waals surface area contributed by atoms with E-state index in [0.717, 1.165) is 18.4 Å². The Morgan fingerprint density at radius 1 is 1.05 bits per heavy atom. The topological polar surface area (TPSA) is 51.1 Å². The van der Waals surface area contributed by atoms with Crippen molar-refractivity contribution in [2.24, 2.45) is 7.05 Å². The Bertz CT molecular complexity index is 687. The molecule has 0 aliphatic carbocycles. The Labute approximate surface area is 130 Å². The number of nitrogens with zero attached hydrogens (tertiary/aromatic N) is 1.